The minimum atomic E-state index is -1.13. The molecular weight excluding hydrogens is 444 g/mol. The summed E-state index contributed by atoms with van der Waals surface area (Å²) in [4.78, 5) is 49.9. The lowest BCUT2D eigenvalue weighted by molar-refractivity contribution is -0.143. The van der Waals surface area contributed by atoms with Crippen molar-refractivity contribution in [2.24, 2.45) is 11.7 Å². The first-order valence-corrected chi connectivity index (χ1v) is 12.4. The molecule has 0 heterocycles. The molecule has 0 radical (unpaired) electrons. The highest BCUT2D eigenvalue weighted by Crippen LogP contribution is 2.10. The van der Waals surface area contributed by atoms with E-state index < -0.39 is 47.9 Å². The molecule has 0 spiro atoms. The summed E-state index contributed by atoms with van der Waals surface area (Å²) in [7, 11) is 0. The zero-order valence-corrected chi connectivity index (χ0v) is 20.5. The lowest BCUT2D eigenvalue weighted by Crippen LogP contribution is -2.58. The molecule has 9 nitrogen and oxygen atoms in total. The van der Waals surface area contributed by atoms with Gasteiger partial charge in [0.15, 0.2) is 0 Å². The Morgan fingerprint density at radius 2 is 1.55 bits per heavy atom. The Morgan fingerprint density at radius 1 is 0.970 bits per heavy atom. The van der Waals surface area contributed by atoms with Crippen molar-refractivity contribution < 1.29 is 24.3 Å². The summed E-state index contributed by atoms with van der Waals surface area (Å²) >= 11 is 1.50. The molecule has 10 heteroatoms. The summed E-state index contributed by atoms with van der Waals surface area (Å²) in [5.74, 6) is -2.42. The molecule has 6 N–H and O–H groups in total. The van der Waals surface area contributed by atoms with Crippen molar-refractivity contribution >= 4 is 35.5 Å². The van der Waals surface area contributed by atoms with E-state index in [0.717, 1.165) is 5.56 Å². The number of nitrogens with one attached hydrogen (secondary N) is 3. The largest absolute Gasteiger partial charge is 0.480 e. The molecule has 0 fully saturated rings. The van der Waals surface area contributed by atoms with Crippen LogP contribution in [0.4, 0.5) is 0 Å². The second-order valence-electron chi connectivity index (χ2n) is 8.09. The third kappa shape index (κ3) is 9.83. The first-order chi connectivity index (χ1) is 15.6. The van der Waals surface area contributed by atoms with Crippen LogP contribution in [0.2, 0.25) is 0 Å². The summed E-state index contributed by atoms with van der Waals surface area (Å²) in [6, 6.07) is 5.41. The average molecular weight is 481 g/mol. The molecule has 184 valence electrons. The maximum Gasteiger partial charge on any atom is 0.326 e. The van der Waals surface area contributed by atoms with Crippen LogP contribution in [-0.2, 0) is 25.6 Å². The van der Waals surface area contributed by atoms with Crippen molar-refractivity contribution in [1.82, 2.24) is 16.0 Å². The Bertz CT molecular complexity index is 790. The van der Waals surface area contributed by atoms with Gasteiger partial charge in [-0.3, -0.25) is 14.4 Å². The predicted molar refractivity (Wildman–Crippen MR) is 130 cm³/mol. The quantitative estimate of drug-likeness (QED) is 0.266. The topological polar surface area (TPSA) is 151 Å². The zero-order valence-electron chi connectivity index (χ0n) is 19.7. The van der Waals surface area contributed by atoms with Gasteiger partial charge < -0.3 is 26.8 Å². The number of carboxylic acid groups (broad SMARTS) is 1. The number of amides is 3. The van der Waals surface area contributed by atoms with Gasteiger partial charge in [0.25, 0.3) is 0 Å². The molecule has 1 aromatic carbocycles. The highest BCUT2D eigenvalue weighted by atomic mass is 32.2. The van der Waals surface area contributed by atoms with Crippen LogP contribution in [0, 0.1) is 5.92 Å². The smallest absolute Gasteiger partial charge is 0.326 e. The second kappa shape index (κ2) is 14.5. The van der Waals surface area contributed by atoms with Crippen LogP contribution in [0.1, 0.15) is 39.2 Å². The van der Waals surface area contributed by atoms with Crippen molar-refractivity contribution in [2.45, 2.75) is 64.2 Å². The van der Waals surface area contributed by atoms with Crippen LogP contribution in [0.3, 0.4) is 0 Å². The molecule has 0 aromatic heterocycles. The minimum Gasteiger partial charge on any atom is -0.480 e. The van der Waals surface area contributed by atoms with Gasteiger partial charge in [-0.25, -0.2) is 4.79 Å². The summed E-state index contributed by atoms with van der Waals surface area (Å²) < 4.78 is 0. The number of benzene rings is 1. The molecule has 1 rings (SSSR count). The number of hydrogen-bond donors (Lipinski definition) is 5. The Hall–Kier alpha value is -2.59. The number of aliphatic carboxylic acids is 1. The lowest BCUT2D eigenvalue weighted by Gasteiger charge is -2.26. The Balaban J connectivity index is 3.05. The lowest BCUT2D eigenvalue weighted by atomic mass is 9.98. The van der Waals surface area contributed by atoms with Gasteiger partial charge >= 0.3 is 5.97 Å². The standard InChI is InChI=1S/C23H36N4O5S/c1-5-14(2)19(23(31)32)27-21(29)17(11-12-33-4)25-22(30)18(26-20(28)15(3)24)13-16-9-7-6-8-10-16/h6-10,14-15,17-19H,5,11-13,24H2,1-4H3,(H,25,30)(H,26,28)(H,27,29)(H,31,32). The van der Waals surface area contributed by atoms with Crippen molar-refractivity contribution in [1.29, 1.82) is 0 Å². The first kappa shape index (κ1) is 28.4. The van der Waals surface area contributed by atoms with E-state index in [-0.39, 0.29) is 12.3 Å². The van der Waals surface area contributed by atoms with E-state index in [1.165, 1.54) is 18.7 Å². The van der Waals surface area contributed by atoms with Crippen LogP contribution < -0.4 is 21.7 Å². The van der Waals surface area contributed by atoms with Gasteiger partial charge in [0.05, 0.1) is 6.04 Å². The van der Waals surface area contributed by atoms with E-state index >= 15 is 0 Å². The number of carbonyl (C=O) groups is 4. The molecule has 0 saturated heterocycles. The minimum absolute atomic E-state index is 0.215. The Morgan fingerprint density at radius 3 is 2.06 bits per heavy atom. The summed E-state index contributed by atoms with van der Waals surface area (Å²) in [5.41, 5.74) is 6.48. The molecule has 0 aliphatic carbocycles. The Kier molecular flexibility index (Phi) is 12.5. The van der Waals surface area contributed by atoms with E-state index in [1.54, 1.807) is 6.92 Å². The molecule has 0 saturated carbocycles. The van der Waals surface area contributed by atoms with Crippen LogP contribution in [0.5, 0.6) is 0 Å². The molecule has 3 amide bonds. The maximum absolute atomic E-state index is 13.1. The summed E-state index contributed by atoms with van der Waals surface area (Å²) in [6.45, 7) is 5.10. The molecule has 5 atom stereocenters. The SMILES string of the molecule is CCC(C)C(NC(=O)C(CCSC)NC(=O)C(Cc1ccccc1)NC(=O)C(C)N)C(=O)O. The van der Waals surface area contributed by atoms with Gasteiger partial charge in [-0.05, 0) is 36.8 Å². The number of hydrogen-bond acceptors (Lipinski definition) is 6. The fourth-order valence-electron chi connectivity index (χ4n) is 3.08. The van der Waals surface area contributed by atoms with Gasteiger partial charge in [0, 0.05) is 6.42 Å². The monoisotopic (exact) mass is 480 g/mol. The zero-order chi connectivity index (χ0) is 25.0. The summed E-state index contributed by atoms with van der Waals surface area (Å²) in [6.07, 6.45) is 2.97. The van der Waals surface area contributed by atoms with Crippen molar-refractivity contribution in [3.63, 3.8) is 0 Å². The molecule has 0 bridgehead atoms. The van der Waals surface area contributed by atoms with E-state index in [1.807, 2.05) is 43.5 Å². The number of carboxylic acids is 1. The molecule has 33 heavy (non-hydrogen) atoms. The third-order valence-electron chi connectivity index (χ3n) is 5.35. The van der Waals surface area contributed by atoms with Crippen molar-refractivity contribution in [2.75, 3.05) is 12.0 Å². The number of nitrogens with two attached hydrogens (primary N) is 1. The van der Waals surface area contributed by atoms with E-state index in [0.29, 0.717) is 18.6 Å². The average Bonchev–Trinajstić information content (AvgIpc) is 2.79. The summed E-state index contributed by atoms with van der Waals surface area (Å²) in [5, 5.41) is 17.4. The maximum atomic E-state index is 13.1. The molecule has 5 unspecified atom stereocenters. The van der Waals surface area contributed by atoms with Crippen molar-refractivity contribution in [3.05, 3.63) is 35.9 Å². The molecule has 1 aromatic rings. The third-order valence-corrected chi connectivity index (χ3v) is 5.99. The highest BCUT2D eigenvalue weighted by Gasteiger charge is 2.31. The molecular formula is C23H36N4O5S. The fraction of sp³-hybridized carbons (Fsp3) is 0.565. The highest BCUT2D eigenvalue weighted by molar-refractivity contribution is 7.98. The number of rotatable bonds is 14. The van der Waals surface area contributed by atoms with Crippen LogP contribution >= 0.6 is 11.8 Å². The van der Waals surface area contributed by atoms with Gasteiger partial charge in [-0.2, -0.15) is 11.8 Å². The van der Waals surface area contributed by atoms with Gasteiger partial charge in [0.2, 0.25) is 17.7 Å². The van der Waals surface area contributed by atoms with Crippen LogP contribution in [0.25, 0.3) is 0 Å². The van der Waals surface area contributed by atoms with Crippen molar-refractivity contribution in [3.8, 4) is 0 Å². The number of thioether (sulfide) groups is 1. The van der Waals surface area contributed by atoms with E-state index in [4.69, 9.17) is 5.73 Å². The van der Waals surface area contributed by atoms with E-state index in [9.17, 15) is 24.3 Å². The van der Waals surface area contributed by atoms with Gasteiger partial charge in [-0.15, -0.1) is 0 Å². The molecule has 0 aliphatic rings. The molecule has 0 aliphatic heterocycles. The normalized spacial score (nSPS) is 15.4. The van der Waals surface area contributed by atoms with Gasteiger partial charge in [0.1, 0.15) is 18.1 Å². The van der Waals surface area contributed by atoms with Crippen LogP contribution in [-0.4, -0.2) is 65.0 Å². The predicted octanol–water partition coefficient (Wildman–Crippen LogP) is 0.915. The number of carbonyl (C=O) groups excluding carboxylic acids is 3. The Labute approximate surface area is 199 Å². The fourth-order valence-corrected chi connectivity index (χ4v) is 3.55. The second-order valence-corrected chi connectivity index (χ2v) is 9.08. The van der Waals surface area contributed by atoms with Gasteiger partial charge in [-0.1, -0.05) is 50.6 Å². The van der Waals surface area contributed by atoms with Crippen LogP contribution in [0.15, 0.2) is 30.3 Å². The van der Waals surface area contributed by atoms with E-state index in [2.05, 4.69) is 16.0 Å². The first-order valence-electron chi connectivity index (χ1n) is 11.0.